The van der Waals surface area contributed by atoms with E-state index in [2.05, 4.69) is 20.3 Å². The van der Waals surface area contributed by atoms with Crippen molar-refractivity contribution < 1.29 is 9.13 Å². The summed E-state index contributed by atoms with van der Waals surface area (Å²) in [6.45, 7) is 1.75. The molecule has 3 aromatic heterocycles. The fourth-order valence-electron chi connectivity index (χ4n) is 3.64. The highest BCUT2D eigenvalue weighted by atomic mass is 19.1. The standard InChI is InChI=1S/C23H18FN8O/c24-22-14(10-25)3-1-5-17(22)19-9-20(29-23(26)28-19)21-12-32(31-30-21)11-16-4-2-6-18(27-16)15-7-8-33-13-15/h1-6,9,12H,7-8,11,13H2,(H2,26,28,29). The average Bonchev–Trinajstić information content (AvgIpc) is 3.52. The molecule has 163 valence electrons. The van der Waals surface area contributed by atoms with Crippen LogP contribution in [0, 0.1) is 23.1 Å². The summed E-state index contributed by atoms with van der Waals surface area (Å²) in [5, 5.41) is 17.4. The lowest BCUT2D eigenvalue weighted by molar-refractivity contribution is 0.202. The normalized spacial score (nSPS) is 13.8. The first-order valence-electron chi connectivity index (χ1n) is 10.2. The molecule has 33 heavy (non-hydrogen) atoms. The third-order valence-electron chi connectivity index (χ3n) is 5.26. The zero-order chi connectivity index (χ0) is 22.8. The second kappa shape index (κ2) is 8.72. The van der Waals surface area contributed by atoms with Crippen molar-refractivity contribution in [2.24, 2.45) is 0 Å². The van der Waals surface area contributed by atoms with E-state index in [1.165, 1.54) is 18.1 Å². The fourth-order valence-corrected chi connectivity index (χ4v) is 3.64. The Hall–Kier alpha value is -4.23. The van der Waals surface area contributed by atoms with Crippen LogP contribution in [0.5, 0.6) is 0 Å². The van der Waals surface area contributed by atoms with Crippen molar-refractivity contribution in [2.45, 2.75) is 13.0 Å². The van der Waals surface area contributed by atoms with E-state index < -0.39 is 5.82 Å². The Morgan fingerprint density at radius 2 is 1.91 bits per heavy atom. The lowest BCUT2D eigenvalue weighted by Crippen LogP contribution is -2.07. The molecule has 1 aromatic carbocycles. The van der Waals surface area contributed by atoms with Crippen molar-refractivity contribution in [1.29, 1.82) is 5.26 Å². The number of nitriles is 1. The first-order chi connectivity index (χ1) is 16.1. The van der Waals surface area contributed by atoms with E-state index in [9.17, 15) is 4.39 Å². The van der Waals surface area contributed by atoms with Crippen LogP contribution < -0.4 is 5.73 Å². The van der Waals surface area contributed by atoms with Gasteiger partial charge in [0.15, 0.2) is 0 Å². The Labute approximate surface area is 188 Å². The number of hydrogen-bond acceptors (Lipinski definition) is 8. The number of nitrogens with two attached hydrogens (primary N) is 1. The average molecular weight is 441 g/mol. The number of nitrogens with zero attached hydrogens (tertiary/aromatic N) is 7. The van der Waals surface area contributed by atoms with Gasteiger partial charge in [0, 0.05) is 12.2 Å². The van der Waals surface area contributed by atoms with Crippen LogP contribution >= 0.6 is 0 Å². The molecule has 4 aromatic rings. The maximum Gasteiger partial charge on any atom is 0.221 e. The molecule has 0 unspecified atom stereocenters. The molecule has 0 bridgehead atoms. The van der Waals surface area contributed by atoms with Gasteiger partial charge in [0.2, 0.25) is 5.95 Å². The van der Waals surface area contributed by atoms with Crippen LogP contribution in [0.4, 0.5) is 10.3 Å². The second-order valence-electron chi connectivity index (χ2n) is 7.50. The number of anilines is 1. The van der Waals surface area contributed by atoms with Gasteiger partial charge < -0.3 is 10.5 Å². The highest BCUT2D eigenvalue weighted by Gasteiger charge is 2.20. The van der Waals surface area contributed by atoms with E-state index in [1.807, 2.05) is 24.3 Å². The van der Waals surface area contributed by atoms with Gasteiger partial charge in [-0.3, -0.25) is 4.98 Å². The van der Waals surface area contributed by atoms with Gasteiger partial charge in [0.25, 0.3) is 0 Å². The molecule has 9 nitrogen and oxygen atoms in total. The van der Waals surface area contributed by atoms with E-state index in [0.29, 0.717) is 24.5 Å². The second-order valence-corrected chi connectivity index (χ2v) is 7.50. The molecule has 0 aliphatic carbocycles. The Kier molecular flexibility index (Phi) is 5.46. The molecule has 0 amide bonds. The van der Waals surface area contributed by atoms with Crippen molar-refractivity contribution in [3.05, 3.63) is 77.3 Å². The third kappa shape index (κ3) is 4.26. The molecule has 10 heteroatoms. The van der Waals surface area contributed by atoms with Crippen LogP contribution in [0.2, 0.25) is 0 Å². The van der Waals surface area contributed by atoms with Crippen LogP contribution in [-0.4, -0.2) is 43.2 Å². The molecule has 0 spiro atoms. The molecule has 1 fully saturated rings. The first-order valence-corrected chi connectivity index (χ1v) is 10.2. The zero-order valence-corrected chi connectivity index (χ0v) is 17.4. The molecular formula is C23H18FN8O. The van der Waals surface area contributed by atoms with E-state index >= 15 is 0 Å². The molecule has 1 saturated heterocycles. The summed E-state index contributed by atoms with van der Waals surface area (Å²) in [7, 11) is 0. The summed E-state index contributed by atoms with van der Waals surface area (Å²) < 4.78 is 21.7. The molecule has 4 heterocycles. The Bertz CT molecular complexity index is 1360. The van der Waals surface area contributed by atoms with Gasteiger partial charge in [0.1, 0.15) is 17.6 Å². The molecule has 5 rings (SSSR count). The number of rotatable bonds is 5. The van der Waals surface area contributed by atoms with Gasteiger partial charge in [-0.15, -0.1) is 5.10 Å². The Balaban J connectivity index is 1.42. The number of nitrogen functional groups attached to an aromatic ring is 1. The van der Waals surface area contributed by atoms with Crippen LogP contribution in [-0.2, 0) is 11.3 Å². The van der Waals surface area contributed by atoms with Crippen LogP contribution in [0.3, 0.4) is 0 Å². The van der Waals surface area contributed by atoms with Crippen LogP contribution in [0.25, 0.3) is 22.6 Å². The summed E-state index contributed by atoms with van der Waals surface area (Å²) >= 11 is 0. The number of hydrogen-bond donors (Lipinski definition) is 1. The highest BCUT2D eigenvalue weighted by Crippen LogP contribution is 2.27. The predicted octanol–water partition coefficient (Wildman–Crippen LogP) is 2.78. The van der Waals surface area contributed by atoms with Crippen molar-refractivity contribution in [1.82, 2.24) is 29.9 Å². The molecule has 1 radical (unpaired) electrons. The van der Waals surface area contributed by atoms with Gasteiger partial charge in [-0.2, -0.15) is 5.26 Å². The summed E-state index contributed by atoms with van der Waals surface area (Å²) in [6, 6.07) is 13.8. The van der Waals surface area contributed by atoms with Gasteiger partial charge in [0.05, 0.1) is 53.6 Å². The monoisotopic (exact) mass is 441 g/mol. The molecule has 0 saturated carbocycles. The summed E-state index contributed by atoms with van der Waals surface area (Å²) in [6.07, 6.45) is 2.60. The summed E-state index contributed by atoms with van der Waals surface area (Å²) in [5.41, 5.74) is 8.83. The van der Waals surface area contributed by atoms with E-state index in [4.69, 9.17) is 20.7 Å². The SMILES string of the molecule is N#Cc1cccc(-c2cc(-c3cn(Cc4cccc([C]5CCOC5)n4)nn3)nc(N)n2)c1F. The lowest BCUT2D eigenvalue weighted by Gasteiger charge is -2.08. The van der Waals surface area contributed by atoms with E-state index in [-0.39, 0.29) is 22.8 Å². The molecular weight excluding hydrogens is 423 g/mol. The summed E-state index contributed by atoms with van der Waals surface area (Å²) in [4.78, 5) is 13.1. The van der Waals surface area contributed by atoms with Gasteiger partial charge >= 0.3 is 0 Å². The maximum absolute atomic E-state index is 14.6. The van der Waals surface area contributed by atoms with Crippen LogP contribution in [0.15, 0.2) is 48.7 Å². The highest BCUT2D eigenvalue weighted by molar-refractivity contribution is 5.68. The number of halogens is 1. The minimum absolute atomic E-state index is 0.0380. The van der Waals surface area contributed by atoms with Crippen molar-refractivity contribution in [3.8, 4) is 28.7 Å². The quantitative estimate of drug-likeness (QED) is 0.501. The Morgan fingerprint density at radius 1 is 1.06 bits per heavy atom. The first kappa shape index (κ1) is 20.7. The minimum Gasteiger partial charge on any atom is -0.380 e. The van der Waals surface area contributed by atoms with Gasteiger partial charge in [-0.1, -0.05) is 17.3 Å². The van der Waals surface area contributed by atoms with E-state index in [0.717, 1.165) is 24.4 Å². The number of benzene rings is 1. The van der Waals surface area contributed by atoms with E-state index in [1.54, 1.807) is 23.0 Å². The van der Waals surface area contributed by atoms with Gasteiger partial charge in [-0.05, 0) is 36.8 Å². The number of pyridine rings is 1. The van der Waals surface area contributed by atoms with Crippen molar-refractivity contribution in [2.75, 3.05) is 18.9 Å². The third-order valence-corrected chi connectivity index (χ3v) is 5.26. The lowest BCUT2D eigenvalue weighted by atomic mass is 10.0. The topological polar surface area (TPSA) is 128 Å². The largest absolute Gasteiger partial charge is 0.380 e. The molecule has 2 N–H and O–H groups in total. The minimum atomic E-state index is -0.663. The molecule has 0 atom stereocenters. The molecule has 1 aliphatic heterocycles. The Morgan fingerprint density at radius 3 is 2.73 bits per heavy atom. The maximum atomic E-state index is 14.6. The van der Waals surface area contributed by atoms with Gasteiger partial charge in [-0.25, -0.2) is 19.0 Å². The zero-order valence-electron chi connectivity index (χ0n) is 17.4. The number of ether oxygens (including phenoxy) is 1. The fraction of sp³-hybridized carbons (Fsp3) is 0.174. The molecule has 1 aliphatic rings. The predicted molar refractivity (Wildman–Crippen MR) is 117 cm³/mol. The van der Waals surface area contributed by atoms with Crippen molar-refractivity contribution >= 4 is 5.95 Å². The van der Waals surface area contributed by atoms with Crippen molar-refractivity contribution in [3.63, 3.8) is 0 Å². The summed E-state index contributed by atoms with van der Waals surface area (Å²) in [5.74, 6) is 0.487. The number of aromatic nitrogens is 6. The van der Waals surface area contributed by atoms with Crippen LogP contribution in [0.1, 0.15) is 23.4 Å². The smallest absolute Gasteiger partial charge is 0.221 e.